The Bertz CT molecular complexity index is 391. The largest absolute Gasteiger partial charge is 0.476 e. The molecule has 0 saturated heterocycles. The molecule has 0 aliphatic heterocycles. The minimum Gasteiger partial charge on any atom is -0.476 e. The molecule has 0 amide bonds. The zero-order valence-electron chi connectivity index (χ0n) is 12.8. The van der Waals surface area contributed by atoms with E-state index in [1.165, 1.54) is 0 Å². The van der Waals surface area contributed by atoms with Gasteiger partial charge in [0.25, 0.3) is 0 Å². The van der Waals surface area contributed by atoms with Gasteiger partial charge in [0.1, 0.15) is 5.82 Å². The number of hydrogen-bond acceptors (Lipinski definition) is 4. The highest BCUT2D eigenvalue weighted by Gasteiger charge is 2.15. The summed E-state index contributed by atoms with van der Waals surface area (Å²) in [5.74, 6) is 2.07. The van der Waals surface area contributed by atoms with Gasteiger partial charge in [-0.15, -0.1) is 0 Å². The highest BCUT2D eigenvalue weighted by atomic mass is 16.5. The predicted octanol–water partition coefficient (Wildman–Crippen LogP) is 3.32. The molecule has 0 spiro atoms. The Labute approximate surface area is 117 Å². The van der Waals surface area contributed by atoms with Crippen LogP contribution in [0.5, 0.6) is 5.88 Å². The van der Waals surface area contributed by atoms with Crippen LogP contribution in [0.1, 0.15) is 41.0 Å². The van der Waals surface area contributed by atoms with E-state index in [-0.39, 0.29) is 0 Å². The lowest BCUT2D eigenvalue weighted by Gasteiger charge is -2.30. The second-order valence-corrected chi connectivity index (χ2v) is 5.55. The number of nitrogens with two attached hydrogens (primary N) is 1. The quantitative estimate of drug-likeness (QED) is 0.821. The van der Waals surface area contributed by atoms with E-state index in [1.807, 2.05) is 12.1 Å². The molecule has 1 heterocycles. The molecule has 1 aromatic rings. The lowest BCUT2D eigenvalue weighted by Crippen LogP contribution is -2.34. The summed E-state index contributed by atoms with van der Waals surface area (Å²) in [6.07, 6.45) is 0.950. The third-order valence-corrected chi connectivity index (χ3v) is 2.80. The zero-order chi connectivity index (χ0) is 14.4. The summed E-state index contributed by atoms with van der Waals surface area (Å²) in [6.45, 7) is 12.5. The van der Waals surface area contributed by atoms with Crippen LogP contribution in [0.25, 0.3) is 0 Å². The van der Waals surface area contributed by atoms with E-state index in [0.29, 0.717) is 30.1 Å². The van der Waals surface area contributed by atoms with Gasteiger partial charge in [-0.3, -0.25) is 0 Å². The van der Waals surface area contributed by atoms with Gasteiger partial charge in [-0.2, -0.15) is 4.98 Å². The Balaban J connectivity index is 2.96. The van der Waals surface area contributed by atoms with Gasteiger partial charge in [0, 0.05) is 12.6 Å². The van der Waals surface area contributed by atoms with Gasteiger partial charge >= 0.3 is 0 Å². The predicted molar refractivity (Wildman–Crippen MR) is 81.8 cm³/mol. The number of rotatable bonds is 7. The van der Waals surface area contributed by atoms with Crippen molar-refractivity contribution in [1.82, 2.24) is 4.98 Å². The van der Waals surface area contributed by atoms with E-state index in [4.69, 9.17) is 10.5 Å². The summed E-state index contributed by atoms with van der Waals surface area (Å²) in [4.78, 5) is 6.84. The molecule has 0 aliphatic rings. The normalized spacial score (nSPS) is 11.1. The molecular formula is C15H27N3O. The number of ether oxygens (including phenoxy) is 1. The van der Waals surface area contributed by atoms with Crippen molar-refractivity contribution >= 4 is 11.5 Å². The van der Waals surface area contributed by atoms with Crippen LogP contribution >= 0.6 is 0 Å². The van der Waals surface area contributed by atoms with E-state index in [9.17, 15) is 0 Å². The monoisotopic (exact) mass is 265 g/mol. The van der Waals surface area contributed by atoms with Crippen molar-refractivity contribution in [3.8, 4) is 5.88 Å². The maximum absolute atomic E-state index is 5.90. The number of aromatic nitrogens is 1. The highest BCUT2D eigenvalue weighted by Crippen LogP contribution is 2.25. The van der Waals surface area contributed by atoms with Crippen molar-refractivity contribution in [2.24, 2.45) is 5.92 Å². The molecule has 108 valence electrons. The topological polar surface area (TPSA) is 51.4 Å². The summed E-state index contributed by atoms with van der Waals surface area (Å²) >= 11 is 0. The molecule has 19 heavy (non-hydrogen) atoms. The SMILES string of the molecule is CCCOc1nc(N(CC(C)C)C(C)C)ccc1N. The Kier molecular flexibility index (Phi) is 5.93. The maximum atomic E-state index is 5.90. The molecule has 4 heteroatoms. The molecule has 0 bridgehead atoms. The number of hydrogen-bond donors (Lipinski definition) is 1. The van der Waals surface area contributed by atoms with Crippen molar-refractivity contribution in [3.63, 3.8) is 0 Å². The molecule has 0 saturated carbocycles. The highest BCUT2D eigenvalue weighted by molar-refractivity contribution is 5.54. The second kappa shape index (κ2) is 7.22. The van der Waals surface area contributed by atoms with Crippen LogP contribution in [-0.2, 0) is 0 Å². The minimum atomic E-state index is 0.401. The van der Waals surface area contributed by atoms with Gasteiger partial charge < -0.3 is 15.4 Å². The first-order chi connectivity index (χ1) is 8.95. The molecule has 2 N–H and O–H groups in total. The van der Waals surface area contributed by atoms with E-state index >= 15 is 0 Å². The van der Waals surface area contributed by atoms with Gasteiger partial charge in [-0.25, -0.2) is 0 Å². The molecule has 1 rings (SSSR count). The van der Waals surface area contributed by atoms with Crippen LogP contribution in [0.15, 0.2) is 12.1 Å². The van der Waals surface area contributed by atoms with Crippen LogP contribution in [-0.4, -0.2) is 24.2 Å². The summed E-state index contributed by atoms with van der Waals surface area (Å²) in [7, 11) is 0. The molecule has 0 fully saturated rings. The molecule has 0 aliphatic carbocycles. The van der Waals surface area contributed by atoms with E-state index in [1.54, 1.807) is 0 Å². The Morgan fingerprint density at radius 2 is 1.95 bits per heavy atom. The van der Waals surface area contributed by atoms with Crippen molar-refractivity contribution in [2.45, 2.75) is 47.1 Å². The Morgan fingerprint density at radius 3 is 2.47 bits per heavy atom. The van der Waals surface area contributed by atoms with Crippen LogP contribution in [0.3, 0.4) is 0 Å². The lowest BCUT2D eigenvalue weighted by atomic mass is 10.2. The molecule has 0 radical (unpaired) electrons. The molecule has 4 nitrogen and oxygen atoms in total. The van der Waals surface area contributed by atoms with Gasteiger partial charge in [0.2, 0.25) is 5.88 Å². The fourth-order valence-corrected chi connectivity index (χ4v) is 1.88. The van der Waals surface area contributed by atoms with Crippen LogP contribution in [0.2, 0.25) is 0 Å². The first kappa shape index (κ1) is 15.6. The van der Waals surface area contributed by atoms with Crippen LogP contribution in [0, 0.1) is 5.92 Å². The first-order valence-electron chi connectivity index (χ1n) is 7.11. The molecule has 1 aromatic heterocycles. The summed E-state index contributed by atoms with van der Waals surface area (Å²) in [6, 6.07) is 4.25. The zero-order valence-corrected chi connectivity index (χ0v) is 12.8. The van der Waals surface area contributed by atoms with Crippen molar-refractivity contribution in [3.05, 3.63) is 12.1 Å². The summed E-state index contributed by atoms with van der Waals surface area (Å²) in [5, 5.41) is 0. The first-order valence-corrected chi connectivity index (χ1v) is 7.11. The summed E-state index contributed by atoms with van der Waals surface area (Å²) in [5.41, 5.74) is 6.50. The van der Waals surface area contributed by atoms with Gasteiger partial charge in [-0.05, 0) is 38.3 Å². The van der Waals surface area contributed by atoms with E-state index in [2.05, 4.69) is 44.5 Å². The number of nitrogen functional groups attached to an aromatic ring is 1. The van der Waals surface area contributed by atoms with Crippen molar-refractivity contribution < 1.29 is 4.74 Å². The fraction of sp³-hybridized carbons (Fsp3) is 0.667. The Hall–Kier alpha value is -1.45. The average molecular weight is 265 g/mol. The van der Waals surface area contributed by atoms with E-state index in [0.717, 1.165) is 18.8 Å². The summed E-state index contributed by atoms with van der Waals surface area (Å²) < 4.78 is 5.60. The molecule has 0 atom stereocenters. The molecule has 0 unspecified atom stereocenters. The lowest BCUT2D eigenvalue weighted by molar-refractivity contribution is 0.307. The smallest absolute Gasteiger partial charge is 0.239 e. The van der Waals surface area contributed by atoms with Gasteiger partial charge in [-0.1, -0.05) is 20.8 Å². The van der Waals surface area contributed by atoms with Crippen molar-refractivity contribution in [2.75, 3.05) is 23.8 Å². The minimum absolute atomic E-state index is 0.401. The number of pyridine rings is 1. The average Bonchev–Trinajstić information content (AvgIpc) is 2.34. The Morgan fingerprint density at radius 1 is 1.26 bits per heavy atom. The number of nitrogens with zero attached hydrogens (tertiary/aromatic N) is 2. The second-order valence-electron chi connectivity index (χ2n) is 5.55. The maximum Gasteiger partial charge on any atom is 0.239 e. The van der Waals surface area contributed by atoms with E-state index < -0.39 is 0 Å². The molecule has 0 aromatic carbocycles. The van der Waals surface area contributed by atoms with Gasteiger partial charge in [0.15, 0.2) is 0 Å². The molecular weight excluding hydrogens is 238 g/mol. The van der Waals surface area contributed by atoms with Crippen LogP contribution < -0.4 is 15.4 Å². The van der Waals surface area contributed by atoms with Gasteiger partial charge in [0.05, 0.1) is 12.3 Å². The third kappa shape index (κ3) is 4.62. The standard InChI is InChI=1S/C15H27N3O/c1-6-9-19-15-13(16)7-8-14(17-15)18(12(4)5)10-11(2)3/h7-8,11-12H,6,9-10,16H2,1-5H3. The number of anilines is 2. The van der Waals surface area contributed by atoms with Crippen LogP contribution in [0.4, 0.5) is 11.5 Å². The third-order valence-electron chi connectivity index (χ3n) is 2.80. The fourth-order valence-electron chi connectivity index (χ4n) is 1.88. The van der Waals surface area contributed by atoms with Crippen molar-refractivity contribution in [1.29, 1.82) is 0 Å².